The monoisotopic (exact) mass is 603 g/mol. The molecule has 0 saturated carbocycles. The molecule has 0 aromatic heterocycles. The Hall–Kier alpha value is -3.58. The average Bonchev–Trinajstić information content (AvgIpc) is 3.14. The predicted molar refractivity (Wildman–Crippen MR) is 171 cm³/mol. The molecular weight excluding hydrogens is 569 g/mol. The van der Waals surface area contributed by atoms with E-state index in [1.807, 2.05) is 36.4 Å². The summed E-state index contributed by atoms with van der Waals surface area (Å²) in [7, 11) is 4.91. The number of carbonyl (C=O) groups excluding carboxylic acids is 2. The van der Waals surface area contributed by atoms with Crippen molar-refractivity contribution >= 4 is 51.9 Å². The number of hydrogen-bond donors (Lipinski definition) is 1. The van der Waals surface area contributed by atoms with E-state index >= 15 is 0 Å². The van der Waals surface area contributed by atoms with Gasteiger partial charge < -0.3 is 15.0 Å². The number of methoxy groups -OCH3 is 1. The van der Waals surface area contributed by atoms with Crippen molar-refractivity contribution in [1.82, 2.24) is 9.80 Å². The van der Waals surface area contributed by atoms with Crippen LogP contribution in [0.15, 0.2) is 72.8 Å². The first-order chi connectivity index (χ1) is 20.2. The number of hydrogen-bond acceptors (Lipinski definition) is 5. The zero-order chi connectivity index (χ0) is 29.8. The van der Waals surface area contributed by atoms with Crippen LogP contribution < -0.4 is 5.32 Å². The van der Waals surface area contributed by atoms with Gasteiger partial charge in [0.25, 0.3) is 0 Å². The van der Waals surface area contributed by atoms with Crippen molar-refractivity contribution in [2.45, 2.75) is 25.3 Å². The summed E-state index contributed by atoms with van der Waals surface area (Å²) in [6, 6.07) is 20.4. The zero-order valence-electron chi connectivity index (χ0n) is 24.1. The first kappa shape index (κ1) is 29.9. The molecule has 8 heteroatoms. The maximum absolute atomic E-state index is 12.3. The second-order valence-electron chi connectivity index (χ2n) is 11.0. The normalized spacial score (nSPS) is 15.6. The largest absolute Gasteiger partial charge is 0.465 e. The molecule has 1 aliphatic heterocycles. The lowest BCUT2D eigenvalue weighted by Crippen LogP contribution is -2.54. The highest BCUT2D eigenvalue weighted by molar-refractivity contribution is 6.36. The van der Waals surface area contributed by atoms with Gasteiger partial charge in [0.05, 0.1) is 18.7 Å². The van der Waals surface area contributed by atoms with E-state index in [0.29, 0.717) is 21.7 Å². The van der Waals surface area contributed by atoms with Crippen molar-refractivity contribution < 1.29 is 14.3 Å². The molecule has 0 bridgehead atoms. The lowest BCUT2D eigenvalue weighted by atomic mass is 9.87. The number of ether oxygens (including phenoxy) is 1. The lowest BCUT2D eigenvalue weighted by Gasteiger charge is -2.39. The van der Waals surface area contributed by atoms with Crippen LogP contribution in [0.25, 0.3) is 11.1 Å². The van der Waals surface area contributed by atoms with Crippen molar-refractivity contribution in [3.05, 3.63) is 111 Å². The third kappa shape index (κ3) is 6.73. The minimum absolute atomic E-state index is 0.00194. The summed E-state index contributed by atoms with van der Waals surface area (Å²) in [4.78, 5) is 27.9. The van der Waals surface area contributed by atoms with Gasteiger partial charge in [0.1, 0.15) is 0 Å². The molecule has 218 valence electrons. The van der Waals surface area contributed by atoms with E-state index in [-0.39, 0.29) is 11.9 Å². The molecule has 0 spiro atoms. The van der Waals surface area contributed by atoms with Crippen LogP contribution in [0.5, 0.6) is 0 Å². The number of likely N-dealkylation sites (N-methyl/N-ethyl adjacent to an activating group) is 1. The van der Waals surface area contributed by atoms with Crippen LogP contribution in [0.3, 0.4) is 0 Å². The molecule has 6 nitrogen and oxygen atoms in total. The van der Waals surface area contributed by atoms with Crippen LogP contribution >= 0.6 is 23.2 Å². The standard InChI is InChI=1S/C34H35Cl2N3O3/c1-38(2)32(40)8-5-17-39-20-27(21-39)37-26-13-9-22(10-14-26)33-28-15-11-24(34(41)42-3)18-23(28)6-4-7-30(33)29-16-12-25(35)19-31(29)36/h5,8-16,18-19,27,37H,4,6-7,17,20-21H2,1-3H3. The Morgan fingerprint density at radius 2 is 1.74 bits per heavy atom. The van der Waals surface area contributed by atoms with Gasteiger partial charge in [-0.3, -0.25) is 9.69 Å². The van der Waals surface area contributed by atoms with Gasteiger partial charge in [-0.2, -0.15) is 0 Å². The number of halogens is 2. The van der Waals surface area contributed by atoms with E-state index in [1.54, 1.807) is 31.1 Å². The van der Waals surface area contributed by atoms with Gasteiger partial charge in [0, 0.05) is 55.5 Å². The van der Waals surface area contributed by atoms with Crippen LogP contribution in [0, 0.1) is 0 Å². The number of benzene rings is 3. The molecule has 1 saturated heterocycles. The SMILES string of the molecule is COC(=O)c1ccc2c(c1)CCCC(c1ccc(Cl)cc1Cl)=C2c1ccc(NC2CN(CC=CC(=O)N(C)C)C2)cc1. The number of carbonyl (C=O) groups is 2. The Morgan fingerprint density at radius 1 is 1.00 bits per heavy atom. The van der Waals surface area contributed by atoms with Crippen molar-refractivity contribution in [2.75, 3.05) is 46.2 Å². The molecule has 1 aliphatic carbocycles. The van der Waals surface area contributed by atoms with Crippen molar-refractivity contribution in [2.24, 2.45) is 0 Å². The van der Waals surface area contributed by atoms with Crippen LogP contribution in [-0.4, -0.2) is 68.6 Å². The van der Waals surface area contributed by atoms with E-state index in [1.165, 1.54) is 7.11 Å². The second-order valence-corrected chi connectivity index (χ2v) is 11.8. The highest BCUT2D eigenvalue weighted by Crippen LogP contribution is 2.42. The summed E-state index contributed by atoms with van der Waals surface area (Å²) < 4.78 is 4.98. The van der Waals surface area contributed by atoms with Crippen LogP contribution in [0.1, 0.15) is 45.5 Å². The Bertz CT molecular complexity index is 1540. The molecule has 1 amide bonds. The Balaban J connectivity index is 1.40. The topological polar surface area (TPSA) is 61.9 Å². The molecule has 0 radical (unpaired) electrons. The van der Waals surface area contributed by atoms with Gasteiger partial charge in [-0.25, -0.2) is 4.79 Å². The van der Waals surface area contributed by atoms with Crippen LogP contribution in [0.4, 0.5) is 5.69 Å². The molecule has 1 N–H and O–H groups in total. The minimum atomic E-state index is -0.336. The summed E-state index contributed by atoms with van der Waals surface area (Å²) in [6.45, 7) is 2.60. The quantitative estimate of drug-likeness (QED) is 0.226. The Morgan fingerprint density at radius 3 is 2.43 bits per heavy atom. The number of esters is 1. The number of likely N-dealkylation sites (tertiary alicyclic amines) is 1. The predicted octanol–water partition coefficient (Wildman–Crippen LogP) is 6.82. The lowest BCUT2D eigenvalue weighted by molar-refractivity contribution is -0.123. The van der Waals surface area contributed by atoms with E-state index in [9.17, 15) is 9.59 Å². The van der Waals surface area contributed by atoms with E-state index < -0.39 is 0 Å². The van der Waals surface area contributed by atoms with Gasteiger partial charge in [-0.15, -0.1) is 0 Å². The number of rotatable bonds is 8. The van der Waals surface area contributed by atoms with Gasteiger partial charge in [-0.1, -0.05) is 53.5 Å². The highest BCUT2D eigenvalue weighted by Gasteiger charge is 2.26. The number of nitrogens with zero attached hydrogens (tertiary/aromatic N) is 2. The fourth-order valence-corrected chi connectivity index (χ4v) is 6.12. The third-order valence-corrected chi connectivity index (χ3v) is 8.34. The number of nitrogens with one attached hydrogen (secondary N) is 1. The molecule has 5 rings (SSSR count). The number of allylic oxidation sites excluding steroid dienone is 1. The van der Waals surface area contributed by atoms with E-state index in [0.717, 1.165) is 78.0 Å². The first-order valence-electron chi connectivity index (χ1n) is 14.1. The first-order valence-corrected chi connectivity index (χ1v) is 14.9. The molecule has 0 atom stereocenters. The van der Waals surface area contributed by atoms with Gasteiger partial charge in [0.2, 0.25) is 5.91 Å². The number of aryl methyl sites for hydroxylation is 1. The van der Waals surface area contributed by atoms with Crippen molar-refractivity contribution in [1.29, 1.82) is 0 Å². The fourth-order valence-electron chi connectivity index (χ4n) is 5.60. The minimum Gasteiger partial charge on any atom is -0.465 e. The van der Waals surface area contributed by atoms with Crippen LogP contribution in [0.2, 0.25) is 10.0 Å². The maximum atomic E-state index is 12.3. The van der Waals surface area contributed by atoms with Crippen molar-refractivity contribution in [3.63, 3.8) is 0 Å². The molecule has 3 aromatic rings. The van der Waals surface area contributed by atoms with Crippen LogP contribution in [-0.2, 0) is 16.0 Å². The molecule has 2 aliphatic rings. The van der Waals surface area contributed by atoms with E-state index in [2.05, 4.69) is 34.5 Å². The maximum Gasteiger partial charge on any atom is 0.337 e. The number of anilines is 1. The average molecular weight is 605 g/mol. The third-order valence-electron chi connectivity index (χ3n) is 7.79. The zero-order valence-corrected chi connectivity index (χ0v) is 25.6. The molecule has 42 heavy (non-hydrogen) atoms. The fraction of sp³-hybridized carbons (Fsp3) is 0.294. The van der Waals surface area contributed by atoms with E-state index in [4.69, 9.17) is 27.9 Å². The second kappa shape index (κ2) is 13.2. The van der Waals surface area contributed by atoms with Gasteiger partial charge >= 0.3 is 5.97 Å². The van der Waals surface area contributed by atoms with Crippen molar-refractivity contribution in [3.8, 4) is 0 Å². The summed E-state index contributed by atoms with van der Waals surface area (Å²) in [6.07, 6.45) is 6.15. The van der Waals surface area contributed by atoms with Gasteiger partial charge in [0.15, 0.2) is 0 Å². The molecule has 1 heterocycles. The Labute approximate surface area is 257 Å². The number of amides is 1. The summed E-state index contributed by atoms with van der Waals surface area (Å²) in [5, 5.41) is 4.85. The highest BCUT2D eigenvalue weighted by atomic mass is 35.5. The number of fused-ring (bicyclic) bond motifs is 1. The summed E-state index contributed by atoms with van der Waals surface area (Å²) in [5.74, 6) is -0.335. The van der Waals surface area contributed by atoms with Gasteiger partial charge in [-0.05, 0) is 89.1 Å². The smallest absolute Gasteiger partial charge is 0.337 e. The Kier molecular flexibility index (Phi) is 9.37. The molecule has 1 fully saturated rings. The summed E-state index contributed by atoms with van der Waals surface area (Å²) >= 11 is 13.0. The molecule has 3 aromatic carbocycles. The molecular formula is C34H35Cl2N3O3. The molecule has 0 unspecified atom stereocenters. The summed E-state index contributed by atoms with van der Waals surface area (Å²) in [5.41, 5.74) is 8.16.